The van der Waals surface area contributed by atoms with Crippen molar-refractivity contribution in [2.45, 2.75) is 33.7 Å². The quantitative estimate of drug-likeness (QED) is 0.789. The van der Waals surface area contributed by atoms with E-state index in [4.69, 9.17) is 0 Å². The van der Waals surface area contributed by atoms with E-state index in [2.05, 4.69) is 56.2 Å². The molecule has 0 aliphatic heterocycles. The number of hydrogen-bond acceptors (Lipinski definition) is 3. The van der Waals surface area contributed by atoms with Gasteiger partial charge in [-0.15, -0.1) is 11.3 Å². The lowest BCUT2D eigenvalue weighted by Crippen LogP contribution is -2.23. The molecule has 0 aromatic carbocycles. The number of rotatable bonds is 7. The summed E-state index contributed by atoms with van der Waals surface area (Å²) < 4.78 is 0. The number of nitrogens with one attached hydrogen (secondary N) is 1. The first kappa shape index (κ1) is 14.1. The van der Waals surface area contributed by atoms with E-state index in [1.165, 1.54) is 21.9 Å². The van der Waals surface area contributed by atoms with Gasteiger partial charge in [0, 0.05) is 16.7 Å². The fourth-order valence-electron chi connectivity index (χ4n) is 1.68. The Kier molecular flexibility index (Phi) is 6.47. The number of aryl methyl sites for hydroxylation is 1. The van der Waals surface area contributed by atoms with Crippen LogP contribution in [-0.4, -0.2) is 18.1 Å². The van der Waals surface area contributed by atoms with Gasteiger partial charge in [-0.25, -0.2) is 0 Å². The summed E-state index contributed by atoms with van der Waals surface area (Å²) >= 11 is 3.91. The van der Waals surface area contributed by atoms with Crippen LogP contribution in [0, 0.1) is 12.8 Å². The van der Waals surface area contributed by atoms with Crippen LogP contribution in [0.5, 0.6) is 0 Å². The van der Waals surface area contributed by atoms with Gasteiger partial charge in [0.1, 0.15) is 0 Å². The van der Waals surface area contributed by atoms with Crippen LogP contribution in [0.2, 0.25) is 0 Å². The molecule has 92 valence electrons. The molecular weight excluding hydrogens is 234 g/mol. The first-order valence-corrected chi connectivity index (χ1v) is 8.03. The normalized spacial score (nSPS) is 13.3. The van der Waals surface area contributed by atoms with Crippen molar-refractivity contribution < 1.29 is 0 Å². The molecule has 16 heavy (non-hydrogen) atoms. The second-order valence-electron chi connectivity index (χ2n) is 4.47. The monoisotopic (exact) mass is 257 g/mol. The second-order valence-corrected chi connectivity index (χ2v) is 6.67. The summed E-state index contributed by atoms with van der Waals surface area (Å²) in [4.78, 5) is 1.45. The molecule has 0 aliphatic rings. The Morgan fingerprint density at radius 1 is 1.38 bits per heavy atom. The first-order chi connectivity index (χ1) is 7.65. The molecule has 1 unspecified atom stereocenters. The molecule has 3 heteroatoms. The third kappa shape index (κ3) is 4.48. The molecule has 0 radical (unpaired) electrons. The van der Waals surface area contributed by atoms with Crippen LogP contribution in [0.25, 0.3) is 0 Å². The summed E-state index contributed by atoms with van der Waals surface area (Å²) in [6, 6.07) is 2.79. The zero-order chi connectivity index (χ0) is 12.0. The van der Waals surface area contributed by atoms with E-state index in [1.807, 2.05) is 11.3 Å². The number of thiophene rings is 1. The summed E-state index contributed by atoms with van der Waals surface area (Å²) in [7, 11) is 0. The molecule has 0 bridgehead atoms. The van der Waals surface area contributed by atoms with Gasteiger partial charge in [-0.3, -0.25) is 0 Å². The number of hydrogen-bond donors (Lipinski definition) is 1. The predicted molar refractivity (Wildman–Crippen MR) is 77.6 cm³/mol. The van der Waals surface area contributed by atoms with Crippen molar-refractivity contribution in [3.8, 4) is 0 Å². The maximum atomic E-state index is 3.59. The molecule has 1 rings (SSSR count). The zero-order valence-corrected chi connectivity index (χ0v) is 12.4. The van der Waals surface area contributed by atoms with Crippen molar-refractivity contribution in [1.82, 2.24) is 5.32 Å². The van der Waals surface area contributed by atoms with Gasteiger partial charge in [-0.05, 0) is 42.1 Å². The third-order valence-corrected chi connectivity index (χ3v) is 4.79. The van der Waals surface area contributed by atoms with Crippen LogP contribution in [0.15, 0.2) is 11.4 Å². The Balaban J connectivity index is 2.51. The summed E-state index contributed by atoms with van der Waals surface area (Å²) in [5.41, 5.74) is 1.49. The van der Waals surface area contributed by atoms with E-state index in [9.17, 15) is 0 Å². The van der Waals surface area contributed by atoms with Crippen LogP contribution in [0.4, 0.5) is 0 Å². The molecule has 1 N–H and O–H groups in total. The van der Waals surface area contributed by atoms with Gasteiger partial charge in [0.15, 0.2) is 0 Å². The minimum atomic E-state index is 0.528. The molecule has 0 spiro atoms. The standard InChI is InChI=1S/C13H23NS2/c1-5-14-13(9-15-8-10(2)3)12-6-7-16-11(12)4/h6-7,10,13-14H,5,8-9H2,1-4H3. The highest BCUT2D eigenvalue weighted by Crippen LogP contribution is 2.26. The highest BCUT2D eigenvalue weighted by Gasteiger charge is 2.13. The van der Waals surface area contributed by atoms with Gasteiger partial charge >= 0.3 is 0 Å². The van der Waals surface area contributed by atoms with Crippen LogP contribution >= 0.6 is 23.1 Å². The van der Waals surface area contributed by atoms with Crippen molar-refractivity contribution in [2.75, 3.05) is 18.1 Å². The summed E-state index contributed by atoms with van der Waals surface area (Å²) in [5, 5.41) is 5.78. The summed E-state index contributed by atoms with van der Waals surface area (Å²) in [6.07, 6.45) is 0. The van der Waals surface area contributed by atoms with E-state index in [0.717, 1.165) is 12.5 Å². The fourth-order valence-corrected chi connectivity index (χ4v) is 3.59. The average Bonchev–Trinajstić information content (AvgIpc) is 2.63. The Hall–Kier alpha value is 0.01000. The molecule has 0 fully saturated rings. The van der Waals surface area contributed by atoms with Crippen molar-refractivity contribution in [1.29, 1.82) is 0 Å². The molecule has 1 heterocycles. The molecule has 1 atom stereocenters. The largest absolute Gasteiger partial charge is 0.309 e. The fraction of sp³-hybridized carbons (Fsp3) is 0.692. The van der Waals surface area contributed by atoms with Crippen LogP contribution in [-0.2, 0) is 0 Å². The minimum absolute atomic E-state index is 0.528. The lowest BCUT2D eigenvalue weighted by molar-refractivity contribution is 0.604. The van der Waals surface area contributed by atoms with E-state index < -0.39 is 0 Å². The Bertz CT molecular complexity index is 294. The van der Waals surface area contributed by atoms with Crippen LogP contribution < -0.4 is 5.32 Å². The molecule has 0 saturated carbocycles. The van der Waals surface area contributed by atoms with Gasteiger partial charge in [0.25, 0.3) is 0 Å². The second kappa shape index (κ2) is 7.36. The molecule has 1 aromatic rings. The maximum Gasteiger partial charge on any atom is 0.0422 e. The first-order valence-electron chi connectivity index (χ1n) is 6.00. The molecular formula is C13H23NS2. The van der Waals surface area contributed by atoms with E-state index in [-0.39, 0.29) is 0 Å². The van der Waals surface area contributed by atoms with Gasteiger partial charge in [-0.2, -0.15) is 11.8 Å². The van der Waals surface area contributed by atoms with Crippen LogP contribution in [0.3, 0.4) is 0 Å². The minimum Gasteiger partial charge on any atom is -0.309 e. The van der Waals surface area contributed by atoms with Crippen molar-refractivity contribution in [2.24, 2.45) is 5.92 Å². The SMILES string of the molecule is CCNC(CSCC(C)C)c1ccsc1C. The maximum absolute atomic E-state index is 3.59. The average molecular weight is 257 g/mol. The van der Waals surface area contributed by atoms with E-state index in [0.29, 0.717) is 6.04 Å². The van der Waals surface area contributed by atoms with E-state index in [1.54, 1.807) is 0 Å². The Morgan fingerprint density at radius 2 is 2.12 bits per heavy atom. The molecule has 1 aromatic heterocycles. The van der Waals surface area contributed by atoms with Crippen molar-refractivity contribution in [3.63, 3.8) is 0 Å². The highest BCUT2D eigenvalue weighted by molar-refractivity contribution is 7.99. The van der Waals surface area contributed by atoms with Gasteiger partial charge < -0.3 is 5.32 Å². The summed E-state index contributed by atoms with van der Waals surface area (Å²) in [5.74, 6) is 3.23. The highest BCUT2D eigenvalue weighted by atomic mass is 32.2. The lowest BCUT2D eigenvalue weighted by Gasteiger charge is -2.18. The van der Waals surface area contributed by atoms with Gasteiger partial charge in [-0.1, -0.05) is 20.8 Å². The molecule has 1 nitrogen and oxygen atoms in total. The van der Waals surface area contributed by atoms with Gasteiger partial charge in [0.2, 0.25) is 0 Å². The topological polar surface area (TPSA) is 12.0 Å². The van der Waals surface area contributed by atoms with Crippen molar-refractivity contribution >= 4 is 23.1 Å². The molecule has 0 saturated heterocycles. The molecule has 0 amide bonds. The summed E-state index contributed by atoms with van der Waals surface area (Å²) in [6.45, 7) is 10.0. The lowest BCUT2D eigenvalue weighted by atomic mass is 10.1. The predicted octanol–water partition coefficient (Wildman–Crippen LogP) is 4.10. The smallest absolute Gasteiger partial charge is 0.0422 e. The third-order valence-electron chi connectivity index (χ3n) is 2.46. The zero-order valence-electron chi connectivity index (χ0n) is 10.7. The Morgan fingerprint density at radius 3 is 2.62 bits per heavy atom. The van der Waals surface area contributed by atoms with Gasteiger partial charge in [0.05, 0.1) is 0 Å². The number of thioether (sulfide) groups is 1. The molecule has 0 aliphatic carbocycles. The van der Waals surface area contributed by atoms with Crippen molar-refractivity contribution in [3.05, 3.63) is 21.9 Å². The Labute approximate surface area is 108 Å². The van der Waals surface area contributed by atoms with E-state index >= 15 is 0 Å². The van der Waals surface area contributed by atoms with Crippen LogP contribution in [0.1, 0.15) is 37.3 Å².